The molecule has 1 N–H and O–H groups in total. The van der Waals surface area contributed by atoms with E-state index in [1.165, 1.54) is 38.8 Å². The van der Waals surface area contributed by atoms with E-state index in [0.717, 1.165) is 11.9 Å². The molecule has 0 radical (unpaired) electrons. The highest BCUT2D eigenvalue weighted by atomic mass is 79.9. The van der Waals surface area contributed by atoms with Gasteiger partial charge in [0.05, 0.1) is 0 Å². The number of unbranched alkanes of at least 4 members (excludes halogenated alkanes) is 2. The Morgan fingerprint density at radius 3 is 2.31 bits per heavy atom. The van der Waals surface area contributed by atoms with Crippen LogP contribution in [0.4, 0.5) is 0 Å². The zero-order valence-electron chi connectivity index (χ0n) is 8.98. The summed E-state index contributed by atoms with van der Waals surface area (Å²) < 4.78 is 0. The molecule has 0 aliphatic heterocycles. The Morgan fingerprint density at radius 1 is 1.00 bits per heavy atom. The van der Waals surface area contributed by atoms with Gasteiger partial charge in [-0.1, -0.05) is 22.4 Å². The first-order valence-electron chi connectivity index (χ1n) is 5.19. The van der Waals surface area contributed by atoms with Crippen molar-refractivity contribution in [3.8, 4) is 0 Å². The summed E-state index contributed by atoms with van der Waals surface area (Å²) in [7, 11) is 4.24. The van der Waals surface area contributed by atoms with Gasteiger partial charge in [-0.2, -0.15) is 0 Å². The van der Waals surface area contributed by atoms with Crippen LogP contribution < -0.4 is 5.32 Å². The molecular weight excluding hydrogens is 228 g/mol. The van der Waals surface area contributed by atoms with Gasteiger partial charge in [0.15, 0.2) is 0 Å². The van der Waals surface area contributed by atoms with E-state index in [-0.39, 0.29) is 0 Å². The van der Waals surface area contributed by atoms with Crippen molar-refractivity contribution in [3.05, 3.63) is 0 Å². The molecule has 80 valence electrons. The van der Waals surface area contributed by atoms with Crippen molar-refractivity contribution < 1.29 is 0 Å². The number of halogens is 1. The molecule has 0 spiro atoms. The van der Waals surface area contributed by atoms with Gasteiger partial charge < -0.3 is 10.2 Å². The van der Waals surface area contributed by atoms with E-state index < -0.39 is 0 Å². The Kier molecular flexibility index (Phi) is 10.8. The summed E-state index contributed by atoms with van der Waals surface area (Å²) >= 11 is 3.43. The number of nitrogens with one attached hydrogen (secondary N) is 1. The molecule has 0 saturated heterocycles. The minimum absolute atomic E-state index is 1.15. The van der Waals surface area contributed by atoms with E-state index in [9.17, 15) is 0 Å². The van der Waals surface area contributed by atoms with Gasteiger partial charge in [-0.25, -0.2) is 0 Å². The van der Waals surface area contributed by atoms with E-state index in [4.69, 9.17) is 0 Å². The molecule has 0 saturated carbocycles. The molecule has 0 unspecified atom stereocenters. The molecule has 0 aliphatic rings. The van der Waals surface area contributed by atoms with Gasteiger partial charge in [-0.15, -0.1) is 0 Å². The van der Waals surface area contributed by atoms with Gasteiger partial charge in [0.2, 0.25) is 0 Å². The lowest BCUT2D eigenvalue weighted by Gasteiger charge is -2.09. The summed E-state index contributed by atoms with van der Waals surface area (Å²) in [4.78, 5) is 2.23. The standard InChI is InChI=1S/C10H23BrN2/c1-13(2)10-6-9-12-8-5-3-4-7-11/h12H,3-10H2,1-2H3. The normalized spacial score (nSPS) is 11.1. The third-order valence-corrected chi connectivity index (χ3v) is 2.51. The average Bonchev–Trinajstić information content (AvgIpc) is 2.09. The van der Waals surface area contributed by atoms with Crippen LogP contribution in [0, 0.1) is 0 Å². The van der Waals surface area contributed by atoms with Gasteiger partial charge in [-0.05, 0) is 53.0 Å². The fraction of sp³-hybridized carbons (Fsp3) is 1.00. The van der Waals surface area contributed by atoms with Gasteiger partial charge in [-0.3, -0.25) is 0 Å². The first-order valence-corrected chi connectivity index (χ1v) is 6.31. The molecule has 0 heterocycles. The minimum Gasteiger partial charge on any atom is -0.317 e. The Morgan fingerprint density at radius 2 is 1.69 bits per heavy atom. The largest absolute Gasteiger partial charge is 0.317 e. The Balaban J connectivity index is 2.84. The van der Waals surface area contributed by atoms with Crippen molar-refractivity contribution in [2.75, 3.05) is 39.1 Å². The zero-order chi connectivity index (χ0) is 9.94. The maximum atomic E-state index is 3.46. The third kappa shape index (κ3) is 12.4. The maximum Gasteiger partial charge on any atom is 0.00313 e. The molecule has 0 amide bonds. The van der Waals surface area contributed by atoms with Crippen LogP contribution in [0.3, 0.4) is 0 Å². The molecule has 0 fully saturated rings. The maximum absolute atomic E-state index is 3.46. The van der Waals surface area contributed by atoms with E-state index in [2.05, 4.69) is 40.2 Å². The van der Waals surface area contributed by atoms with Crippen LogP contribution in [-0.2, 0) is 0 Å². The van der Waals surface area contributed by atoms with Gasteiger partial charge in [0.25, 0.3) is 0 Å². The Bertz CT molecular complexity index is 96.9. The lowest BCUT2D eigenvalue weighted by molar-refractivity contribution is 0.394. The summed E-state index contributed by atoms with van der Waals surface area (Å²) in [6.45, 7) is 3.53. The van der Waals surface area contributed by atoms with E-state index in [0.29, 0.717) is 0 Å². The highest BCUT2D eigenvalue weighted by Crippen LogP contribution is 1.96. The lowest BCUT2D eigenvalue weighted by Crippen LogP contribution is -2.22. The molecule has 13 heavy (non-hydrogen) atoms. The summed E-state index contributed by atoms with van der Waals surface area (Å²) in [6, 6.07) is 0. The fourth-order valence-electron chi connectivity index (χ4n) is 1.17. The van der Waals surface area contributed by atoms with E-state index in [1.54, 1.807) is 0 Å². The van der Waals surface area contributed by atoms with Gasteiger partial charge in [0.1, 0.15) is 0 Å². The monoisotopic (exact) mass is 250 g/mol. The Hall–Kier alpha value is 0.400. The predicted molar refractivity (Wildman–Crippen MR) is 63.7 cm³/mol. The quantitative estimate of drug-likeness (QED) is 0.498. The summed E-state index contributed by atoms with van der Waals surface area (Å²) in [6.07, 6.45) is 5.21. The molecule has 0 aromatic heterocycles. The van der Waals surface area contributed by atoms with Crippen LogP contribution in [0.1, 0.15) is 25.7 Å². The number of hydrogen-bond acceptors (Lipinski definition) is 2. The van der Waals surface area contributed by atoms with Crippen molar-refractivity contribution in [3.63, 3.8) is 0 Å². The molecule has 3 heteroatoms. The molecule has 0 atom stereocenters. The van der Waals surface area contributed by atoms with E-state index in [1.807, 2.05) is 0 Å². The summed E-state index contributed by atoms with van der Waals surface area (Å²) in [5.41, 5.74) is 0. The van der Waals surface area contributed by atoms with Crippen LogP contribution in [0.15, 0.2) is 0 Å². The molecule has 0 aromatic carbocycles. The topological polar surface area (TPSA) is 15.3 Å². The van der Waals surface area contributed by atoms with Crippen molar-refractivity contribution in [2.24, 2.45) is 0 Å². The second-order valence-electron chi connectivity index (χ2n) is 3.66. The van der Waals surface area contributed by atoms with Crippen molar-refractivity contribution in [1.82, 2.24) is 10.2 Å². The van der Waals surface area contributed by atoms with Crippen LogP contribution in [0.5, 0.6) is 0 Å². The SMILES string of the molecule is CN(C)CCCNCCCCCBr. The average molecular weight is 251 g/mol. The van der Waals surface area contributed by atoms with Crippen LogP contribution in [0.2, 0.25) is 0 Å². The second kappa shape index (κ2) is 10.5. The Labute approximate surface area is 91.2 Å². The van der Waals surface area contributed by atoms with Crippen LogP contribution in [0.25, 0.3) is 0 Å². The van der Waals surface area contributed by atoms with Crippen molar-refractivity contribution in [1.29, 1.82) is 0 Å². The highest BCUT2D eigenvalue weighted by Gasteiger charge is 1.91. The zero-order valence-corrected chi connectivity index (χ0v) is 10.6. The first-order chi connectivity index (χ1) is 6.27. The smallest absolute Gasteiger partial charge is 0.00313 e. The number of nitrogens with zero attached hydrogens (tertiary/aromatic N) is 1. The number of alkyl halides is 1. The lowest BCUT2D eigenvalue weighted by atomic mass is 10.2. The predicted octanol–water partition coefficient (Wildman–Crippen LogP) is 2.09. The number of rotatable bonds is 9. The molecule has 0 rings (SSSR count). The summed E-state index contributed by atoms with van der Waals surface area (Å²) in [5, 5.41) is 4.60. The second-order valence-corrected chi connectivity index (χ2v) is 4.45. The first kappa shape index (κ1) is 13.4. The molecule has 0 bridgehead atoms. The highest BCUT2D eigenvalue weighted by molar-refractivity contribution is 9.09. The fourth-order valence-corrected chi connectivity index (χ4v) is 1.56. The van der Waals surface area contributed by atoms with Crippen LogP contribution >= 0.6 is 15.9 Å². The summed E-state index contributed by atoms with van der Waals surface area (Å²) in [5.74, 6) is 0. The molecule has 0 aliphatic carbocycles. The van der Waals surface area contributed by atoms with Crippen molar-refractivity contribution >= 4 is 15.9 Å². The third-order valence-electron chi connectivity index (χ3n) is 1.95. The molecule has 2 nitrogen and oxygen atoms in total. The van der Waals surface area contributed by atoms with E-state index >= 15 is 0 Å². The molecular formula is C10H23BrN2. The van der Waals surface area contributed by atoms with Crippen molar-refractivity contribution in [2.45, 2.75) is 25.7 Å². The molecule has 0 aromatic rings. The minimum atomic E-state index is 1.15. The van der Waals surface area contributed by atoms with Gasteiger partial charge >= 0.3 is 0 Å². The number of hydrogen-bond donors (Lipinski definition) is 1. The van der Waals surface area contributed by atoms with Gasteiger partial charge in [0, 0.05) is 5.33 Å². The van der Waals surface area contributed by atoms with Crippen LogP contribution in [-0.4, -0.2) is 44.0 Å².